The normalized spacial score (nSPS) is 14.6. The molecule has 1 saturated heterocycles. The van der Waals surface area contributed by atoms with Gasteiger partial charge in [0.05, 0.1) is 0 Å². The van der Waals surface area contributed by atoms with Crippen LogP contribution in [0.1, 0.15) is 35.8 Å². The van der Waals surface area contributed by atoms with Gasteiger partial charge in [0.25, 0.3) is 5.91 Å². The molecule has 0 spiro atoms. The number of aromatic nitrogens is 1. The summed E-state index contributed by atoms with van der Waals surface area (Å²) in [6.45, 7) is 6.13. The van der Waals surface area contributed by atoms with Crippen LogP contribution in [0.25, 0.3) is 0 Å². The smallest absolute Gasteiger partial charge is 0.252 e. The fraction of sp³-hybridized carbons (Fsp3) is 0.304. The Labute approximate surface area is 170 Å². The van der Waals surface area contributed by atoms with E-state index in [4.69, 9.17) is 4.52 Å². The molecule has 6 nitrogen and oxygen atoms in total. The van der Waals surface area contributed by atoms with Crippen molar-refractivity contribution < 1.29 is 9.32 Å². The molecule has 2 aromatic carbocycles. The zero-order chi connectivity index (χ0) is 20.2. The number of aryl methyl sites for hydroxylation is 2. The first-order chi connectivity index (χ1) is 14.1. The summed E-state index contributed by atoms with van der Waals surface area (Å²) in [5.41, 5.74) is 4.26. The molecule has 2 heterocycles. The standard InChI is InChI=1S/C23H26N4O2/c1-16-14-19(10-11-20(16)27-12-6-7-13-27)24-22(18-8-4-3-5-9-18)23(28)25-21-15-17(2)29-26-21/h3-5,8-11,14-15,22,24H,6-7,12-13H2,1-2H3,(H,25,26,28)/t22-/m1/s1. The topological polar surface area (TPSA) is 70.4 Å². The molecule has 3 aromatic rings. The average molecular weight is 390 g/mol. The van der Waals surface area contributed by atoms with Crippen LogP contribution in [0, 0.1) is 13.8 Å². The van der Waals surface area contributed by atoms with E-state index in [0.717, 1.165) is 24.3 Å². The van der Waals surface area contributed by atoms with Crippen molar-refractivity contribution in [2.45, 2.75) is 32.7 Å². The highest BCUT2D eigenvalue weighted by Crippen LogP contribution is 2.29. The Morgan fingerprint density at radius 3 is 2.48 bits per heavy atom. The maximum absolute atomic E-state index is 13.0. The fourth-order valence-electron chi connectivity index (χ4n) is 3.79. The van der Waals surface area contributed by atoms with Crippen molar-refractivity contribution >= 4 is 23.1 Å². The molecule has 1 amide bonds. The molecule has 0 saturated carbocycles. The number of nitrogens with zero attached hydrogens (tertiary/aromatic N) is 2. The van der Waals surface area contributed by atoms with Crippen molar-refractivity contribution in [3.63, 3.8) is 0 Å². The molecular formula is C23H26N4O2. The van der Waals surface area contributed by atoms with Crippen molar-refractivity contribution in [1.82, 2.24) is 5.16 Å². The van der Waals surface area contributed by atoms with Crippen molar-refractivity contribution in [2.24, 2.45) is 0 Å². The summed E-state index contributed by atoms with van der Waals surface area (Å²) in [5, 5.41) is 10.1. The van der Waals surface area contributed by atoms with Crippen LogP contribution in [0.2, 0.25) is 0 Å². The molecule has 0 bridgehead atoms. The maximum atomic E-state index is 13.0. The molecular weight excluding hydrogens is 364 g/mol. The Bertz CT molecular complexity index is 978. The Kier molecular flexibility index (Phi) is 5.51. The first kappa shape index (κ1) is 19.1. The van der Waals surface area contributed by atoms with Gasteiger partial charge in [-0.15, -0.1) is 0 Å². The van der Waals surface area contributed by atoms with Gasteiger partial charge in [-0.3, -0.25) is 4.79 Å². The third-order valence-electron chi connectivity index (χ3n) is 5.23. The first-order valence-electron chi connectivity index (χ1n) is 10.0. The van der Waals surface area contributed by atoms with Crippen molar-refractivity contribution in [1.29, 1.82) is 0 Å². The van der Waals surface area contributed by atoms with Crippen LogP contribution in [0.15, 0.2) is 59.1 Å². The highest BCUT2D eigenvalue weighted by atomic mass is 16.5. The fourth-order valence-corrected chi connectivity index (χ4v) is 3.79. The van der Waals surface area contributed by atoms with E-state index in [1.54, 1.807) is 13.0 Å². The Morgan fingerprint density at radius 2 is 1.83 bits per heavy atom. The van der Waals surface area contributed by atoms with Gasteiger partial charge in [-0.2, -0.15) is 0 Å². The minimum Gasteiger partial charge on any atom is -0.371 e. The predicted molar refractivity (Wildman–Crippen MR) is 115 cm³/mol. The average Bonchev–Trinajstić information content (AvgIpc) is 3.39. The van der Waals surface area contributed by atoms with E-state index in [1.807, 2.05) is 36.4 Å². The van der Waals surface area contributed by atoms with E-state index in [1.165, 1.54) is 24.1 Å². The van der Waals surface area contributed by atoms with E-state index in [9.17, 15) is 4.79 Å². The molecule has 0 radical (unpaired) electrons. The third-order valence-corrected chi connectivity index (χ3v) is 5.23. The predicted octanol–water partition coefficient (Wildman–Crippen LogP) is 4.68. The summed E-state index contributed by atoms with van der Waals surface area (Å²) in [6, 6.07) is 17.1. The molecule has 1 atom stereocenters. The summed E-state index contributed by atoms with van der Waals surface area (Å²) in [6.07, 6.45) is 2.49. The molecule has 150 valence electrons. The van der Waals surface area contributed by atoms with Crippen molar-refractivity contribution in [2.75, 3.05) is 28.6 Å². The third kappa shape index (κ3) is 4.42. The van der Waals surface area contributed by atoms with Gasteiger partial charge in [-0.25, -0.2) is 0 Å². The molecule has 0 unspecified atom stereocenters. The molecule has 4 rings (SSSR count). The Balaban J connectivity index is 1.56. The minimum atomic E-state index is -0.551. The van der Waals surface area contributed by atoms with Crippen LogP contribution in [0.3, 0.4) is 0 Å². The lowest BCUT2D eigenvalue weighted by atomic mass is 10.0. The summed E-state index contributed by atoms with van der Waals surface area (Å²) in [7, 11) is 0. The number of hydrogen-bond donors (Lipinski definition) is 2. The van der Waals surface area contributed by atoms with Crippen LogP contribution in [0.5, 0.6) is 0 Å². The van der Waals surface area contributed by atoms with Gasteiger partial charge in [-0.1, -0.05) is 35.5 Å². The summed E-state index contributed by atoms with van der Waals surface area (Å²) in [4.78, 5) is 15.4. The number of nitrogens with one attached hydrogen (secondary N) is 2. The summed E-state index contributed by atoms with van der Waals surface area (Å²) >= 11 is 0. The molecule has 29 heavy (non-hydrogen) atoms. The lowest BCUT2D eigenvalue weighted by molar-refractivity contribution is -0.117. The van der Waals surface area contributed by atoms with E-state index < -0.39 is 6.04 Å². The summed E-state index contributed by atoms with van der Waals surface area (Å²) < 4.78 is 5.06. The van der Waals surface area contributed by atoms with E-state index in [2.05, 4.69) is 39.7 Å². The SMILES string of the molecule is Cc1cc(NC(=O)[C@H](Nc2ccc(N3CCCC3)c(C)c2)c2ccccc2)no1. The van der Waals surface area contributed by atoms with Crippen LogP contribution >= 0.6 is 0 Å². The molecule has 6 heteroatoms. The highest BCUT2D eigenvalue weighted by Gasteiger charge is 2.22. The van der Waals surface area contributed by atoms with Gasteiger partial charge in [0.2, 0.25) is 0 Å². The minimum absolute atomic E-state index is 0.189. The molecule has 2 N–H and O–H groups in total. The lowest BCUT2D eigenvalue weighted by Crippen LogP contribution is -2.27. The second-order valence-corrected chi connectivity index (χ2v) is 7.50. The molecule has 1 aromatic heterocycles. The van der Waals surface area contributed by atoms with Gasteiger partial charge in [-0.05, 0) is 56.0 Å². The van der Waals surface area contributed by atoms with Crippen LogP contribution < -0.4 is 15.5 Å². The van der Waals surface area contributed by atoms with E-state index >= 15 is 0 Å². The van der Waals surface area contributed by atoms with Gasteiger partial charge in [0, 0.05) is 30.5 Å². The second-order valence-electron chi connectivity index (χ2n) is 7.50. The number of carbonyl (C=O) groups is 1. The van der Waals surface area contributed by atoms with Crippen LogP contribution in [-0.2, 0) is 4.79 Å². The number of carbonyl (C=O) groups excluding carboxylic acids is 1. The van der Waals surface area contributed by atoms with E-state index in [-0.39, 0.29) is 5.91 Å². The number of anilines is 3. The number of hydrogen-bond acceptors (Lipinski definition) is 5. The van der Waals surface area contributed by atoms with Crippen molar-refractivity contribution in [3.8, 4) is 0 Å². The van der Waals surface area contributed by atoms with Gasteiger partial charge < -0.3 is 20.1 Å². The lowest BCUT2D eigenvalue weighted by Gasteiger charge is -2.23. The second kappa shape index (κ2) is 8.39. The number of rotatable bonds is 6. The van der Waals surface area contributed by atoms with Gasteiger partial charge >= 0.3 is 0 Å². The largest absolute Gasteiger partial charge is 0.371 e. The van der Waals surface area contributed by atoms with Crippen molar-refractivity contribution in [3.05, 3.63) is 71.5 Å². The first-order valence-corrected chi connectivity index (χ1v) is 10.0. The monoisotopic (exact) mass is 390 g/mol. The molecule has 1 aliphatic heterocycles. The molecule has 1 aliphatic rings. The van der Waals surface area contributed by atoms with Gasteiger partial charge in [0.1, 0.15) is 11.8 Å². The quantitative estimate of drug-likeness (QED) is 0.639. The van der Waals surface area contributed by atoms with E-state index in [0.29, 0.717) is 11.6 Å². The van der Waals surface area contributed by atoms with Gasteiger partial charge in [0.15, 0.2) is 5.82 Å². The Morgan fingerprint density at radius 1 is 1.07 bits per heavy atom. The maximum Gasteiger partial charge on any atom is 0.252 e. The van der Waals surface area contributed by atoms with Crippen LogP contribution in [0.4, 0.5) is 17.2 Å². The molecule has 0 aliphatic carbocycles. The Hall–Kier alpha value is -3.28. The number of amides is 1. The summed E-state index contributed by atoms with van der Waals surface area (Å²) in [5.74, 6) is 0.874. The zero-order valence-electron chi connectivity index (χ0n) is 16.8. The highest BCUT2D eigenvalue weighted by molar-refractivity contribution is 5.96. The molecule has 1 fully saturated rings. The zero-order valence-corrected chi connectivity index (χ0v) is 16.8. The number of benzene rings is 2. The van der Waals surface area contributed by atoms with Crippen LogP contribution in [-0.4, -0.2) is 24.2 Å².